The van der Waals surface area contributed by atoms with Gasteiger partial charge in [0.25, 0.3) is 0 Å². The zero-order valence-corrected chi connectivity index (χ0v) is 12.8. The van der Waals surface area contributed by atoms with Crippen LogP contribution in [0.2, 0.25) is 0 Å². The molecule has 1 unspecified atom stereocenters. The lowest BCUT2D eigenvalue weighted by molar-refractivity contribution is 0.251. The first-order valence-electron chi connectivity index (χ1n) is 7.02. The van der Waals surface area contributed by atoms with E-state index < -0.39 is 9.84 Å². The Morgan fingerprint density at radius 3 is 2.44 bits per heavy atom. The maximum Gasteiger partial charge on any atom is 0.148 e. The van der Waals surface area contributed by atoms with Crippen molar-refractivity contribution in [2.75, 3.05) is 38.7 Å². The van der Waals surface area contributed by atoms with Crippen LogP contribution in [0.15, 0.2) is 0 Å². The molecular weight excluding hydrogens is 248 g/mol. The summed E-state index contributed by atoms with van der Waals surface area (Å²) >= 11 is 0. The van der Waals surface area contributed by atoms with Crippen molar-refractivity contribution in [3.05, 3.63) is 0 Å². The molecule has 1 fully saturated rings. The predicted octanol–water partition coefficient (Wildman–Crippen LogP) is 1.13. The fourth-order valence-electron chi connectivity index (χ4n) is 2.75. The highest BCUT2D eigenvalue weighted by molar-refractivity contribution is 7.90. The summed E-state index contributed by atoms with van der Waals surface area (Å²) in [6.07, 6.45) is 6.63. The van der Waals surface area contributed by atoms with Crippen molar-refractivity contribution in [3.63, 3.8) is 0 Å². The Morgan fingerprint density at radius 2 is 1.94 bits per heavy atom. The Kier molecular flexibility index (Phi) is 6.60. The molecule has 4 nitrogen and oxygen atoms in total. The van der Waals surface area contributed by atoms with E-state index in [4.69, 9.17) is 0 Å². The molecule has 108 valence electrons. The lowest BCUT2D eigenvalue weighted by Gasteiger charge is -2.29. The van der Waals surface area contributed by atoms with E-state index in [1.54, 1.807) is 0 Å². The molecule has 1 rings (SSSR count). The number of sulfone groups is 1. The Hall–Kier alpha value is -0.130. The molecular formula is C13H28N2O2S. The molecule has 0 aliphatic heterocycles. The molecule has 0 heterocycles. The monoisotopic (exact) mass is 276 g/mol. The van der Waals surface area contributed by atoms with E-state index in [2.05, 4.69) is 17.1 Å². The number of rotatable bonds is 8. The van der Waals surface area contributed by atoms with Crippen LogP contribution in [-0.2, 0) is 9.84 Å². The van der Waals surface area contributed by atoms with E-state index in [0.29, 0.717) is 12.6 Å². The number of hydrogen-bond donors (Lipinski definition) is 1. The van der Waals surface area contributed by atoms with E-state index in [9.17, 15) is 8.42 Å². The molecule has 0 aromatic carbocycles. The third-order valence-electron chi connectivity index (χ3n) is 3.79. The van der Waals surface area contributed by atoms with Gasteiger partial charge in [-0.2, -0.15) is 0 Å². The first-order chi connectivity index (χ1) is 8.42. The number of likely N-dealkylation sites (N-methyl/N-ethyl adjacent to an activating group) is 2. The lowest BCUT2D eigenvalue weighted by atomic mass is 9.97. The summed E-state index contributed by atoms with van der Waals surface area (Å²) in [5.41, 5.74) is 0. The Balaban J connectivity index is 2.39. The molecule has 0 spiro atoms. The third kappa shape index (κ3) is 6.16. The predicted molar refractivity (Wildman–Crippen MR) is 76.6 cm³/mol. The van der Waals surface area contributed by atoms with Crippen molar-refractivity contribution in [2.45, 2.75) is 38.6 Å². The van der Waals surface area contributed by atoms with E-state index in [0.717, 1.165) is 19.0 Å². The molecule has 5 heteroatoms. The minimum atomic E-state index is -2.85. The van der Waals surface area contributed by atoms with Gasteiger partial charge in [0, 0.05) is 25.4 Å². The van der Waals surface area contributed by atoms with Crippen LogP contribution in [0.25, 0.3) is 0 Å². The van der Waals surface area contributed by atoms with Crippen molar-refractivity contribution < 1.29 is 8.42 Å². The highest BCUT2D eigenvalue weighted by Gasteiger charge is 2.25. The van der Waals surface area contributed by atoms with Gasteiger partial charge in [-0.05, 0) is 32.4 Å². The molecule has 1 aliphatic carbocycles. The minimum absolute atomic E-state index is 0.257. The summed E-state index contributed by atoms with van der Waals surface area (Å²) in [5.74, 6) is 1.03. The first-order valence-corrected chi connectivity index (χ1v) is 9.08. The number of nitrogens with one attached hydrogen (secondary N) is 1. The molecule has 0 saturated heterocycles. The average Bonchev–Trinajstić information content (AvgIpc) is 2.78. The van der Waals surface area contributed by atoms with E-state index in [1.165, 1.54) is 31.9 Å². The molecule has 0 radical (unpaired) electrons. The van der Waals surface area contributed by atoms with Crippen molar-refractivity contribution in [1.82, 2.24) is 10.2 Å². The van der Waals surface area contributed by atoms with Crippen LogP contribution in [0.5, 0.6) is 0 Å². The van der Waals surface area contributed by atoms with Crippen molar-refractivity contribution in [2.24, 2.45) is 5.92 Å². The topological polar surface area (TPSA) is 49.4 Å². The van der Waals surface area contributed by atoms with Crippen LogP contribution in [0.1, 0.15) is 32.6 Å². The second-order valence-electron chi connectivity index (χ2n) is 5.60. The second-order valence-corrected chi connectivity index (χ2v) is 7.86. The maximum atomic E-state index is 11.2. The zero-order valence-electron chi connectivity index (χ0n) is 12.0. The molecule has 1 atom stereocenters. The Bertz CT molecular complexity index is 324. The number of nitrogens with zero attached hydrogens (tertiary/aromatic N) is 1. The summed E-state index contributed by atoms with van der Waals surface area (Å²) in [7, 11) is -0.830. The summed E-state index contributed by atoms with van der Waals surface area (Å²) in [4.78, 5) is 2.15. The van der Waals surface area contributed by atoms with Gasteiger partial charge in [0.15, 0.2) is 0 Å². The van der Waals surface area contributed by atoms with E-state index in [1.807, 2.05) is 7.05 Å². The summed E-state index contributed by atoms with van der Waals surface area (Å²) in [6, 6.07) is 0.516. The largest absolute Gasteiger partial charge is 0.313 e. The van der Waals surface area contributed by atoms with Gasteiger partial charge in [-0.3, -0.25) is 0 Å². The smallest absolute Gasteiger partial charge is 0.148 e. The summed E-state index contributed by atoms with van der Waals surface area (Å²) in [6.45, 7) is 4.71. The van der Waals surface area contributed by atoms with Gasteiger partial charge in [-0.25, -0.2) is 8.42 Å². The van der Waals surface area contributed by atoms with Crippen LogP contribution in [0, 0.1) is 5.92 Å². The minimum Gasteiger partial charge on any atom is -0.313 e. The van der Waals surface area contributed by atoms with E-state index in [-0.39, 0.29) is 5.75 Å². The van der Waals surface area contributed by atoms with Crippen LogP contribution < -0.4 is 5.32 Å². The van der Waals surface area contributed by atoms with Crippen molar-refractivity contribution in [1.29, 1.82) is 0 Å². The van der Waals surface area contributed by atoms with Crippen LogP contribution in [0.3, 0.4) is 0 Å². The second kappa shape index (κ2) is 7.46. The maximum absolute atomic E-state index is 11.2. The molecule has 0 aromatic heterocycles. The molecule has 1 aliphatic rings. The molecule has 1 saturated carbocycles. The zero-order chi connectivity index (χ0) is 13.6. The van der Waals surface area contributed by atoms with Crippen LogP contribution >= 0.6 is 0 Å². The normalized spacial score (nSPS) is 19.6. The highest BCUT2D eigenvalue weighted by atomic mass is 32.2. The first kappa shape index (κ1) is 15.9. The quantitative estimate of drug-likeness (QED) is 0.722. The standard InChI is InChI=1S/C13H28N2O2S/c1-4-14-13(12-7-5-6-8-12)11-15(2)9-10-18(3,16)17/h12-14H,4-11H2,1-3H3. The van der Waals surface area contributed by atoms with Gasteiger partial charge in [-0.1, -0.05) is 19.8 Å². The van der Waals surface area contributed by atoms with Crippen LogP contribution in [0.4, 0.5) is 0 Å². The van der Waals surface area contributed by atoms with Gasteiger partial charge < -0.3 is 10.2 Å². The molecule has 18 heavy (non-hydrogen) atoms. The summed E-state index contributed by atoms with van der Waals surface area (Å²) in [5, 5.41) is 3.56. The third-order valence-corrected chi connectivity index (χ3v) is 4.71. The summed E-state index contributed by atoms with van der Waals surface area (Å²) < 4.78 is 22.3. The van der Waals surface area contributed by atoms with E-state index >= 15 is 0 Å². The van der Waals surface area contributed by atoms with Gasteiger partial charge >= 0.3 is 0 Å². The SMILES string of the molecule is CCNC(CN(C)CCS(C)(=O)=O)C1CCCC1. The van der Waals surface area contributed by atoms with Crippen molar-refractivity contribution in [3.8, 4) is 0 Å². The fourth-order valence-corrected chi connectivity index (χ4v) is 3.39. The van der Waals surface area contributed by atoms with Gasteiger partial charge in [0.05, 0.1) is 5.75 Å². The number of hydrogen-bond acceptors (Lipinski definition) is 4. The van der Waals surface area contributed by atoms with Gasteiger partial charge in [0.1, 0.15) is 9.84 Å². The average molecular weight is 276 g/mol. The molecule has 1 N–H and O–H groups in total. The Labute approximate surface area is 112 Å². The molecule has 0 amide bonds. The highest BCUT2D eigenvalue weighted by Crippen LogP contribution is 2.28. The molecule has 0 bridgehead atoms. The molecule has 0 aromatic rings. The van der Waals surface area contributed by atoms with Gasteiger partial charge in [0.2, 0.25) is 0 Å². The lowest BCUT2D eigenvalue weighted by Crippen LogP contribution is -2.44. The Morgan fingerprint density at radius 1 is 1.33 bits per heavy atom. The van der Waals surface area contributed by atoms with Gasteiger partial charge in [-0.15, -0.1) is 0 Å². The van der Waals surface area contributed by atoms with Crippen LogP contribution in [-0.4, -0.2) is 58.1 Å². The fraction of sp³-hybridized carbons (Fsp3) is 1.00. The van der Waals surface area contributed by atoms with Crippen molar-refractivity contribution >= 4 is 9.84 Å².